The summed E-state index contributed by atoms with van der Waals surface area (Å²) in [5.41, 5.74) is 0.855. The van der Waals surface area contributed by atoms with Crippen LogP contribution in [0.25, 0.3) is 0 Å². The van der Waals surface area contributed by atoms with Gasteiger partial charge < -0.3 is 10.2 Å². The number of carbonyl (C=O) groups is 1. The number of nitrogens with one attached hydrogen (secondary N) is 1. The maximum atomic E-state index is 12.8. The molecular formula is C16H13F3N2O. The van der Waals surface area contributed by atoms with E-state index < -0.39 is 17.9 Å². The fourth-order valence-corrected chi connectivity index (χ4v) is 2.60. The van der Waals surface area contributed by atoms with Crippen molar-refractivity contribution in [1.29, 1.82) is 0 Å². The summed E-state index contributed by atoms with van der Waals surface area (Å²) in [6.45, 7) is 0. The highest BCUT2D eigenvalue weighted by Gasteiger charge is 2.33. The number of para-hydroxylation sites is 1. The molecule has 1 N–H and O–H groups in total. The second kappa shape index (κ2) is 5.05. The summed E-state index contributed by atoms with van der Waals surface area (Å²) in [4.78, 5) is 13.9. The molecule has 0 radical (unpaired) electrons. The summed E-state index contributed by atoms with van der Waals surface area (Å²) in [5.74, 6) is -0.295. The second-order valence-corrected chi connectivity index (χ2v) is 5.13. The number of fused-ring (bicyclic) bond motifs is 1. The molecule has 1 heterocycles. The minimum absolute atomic E-state index is 0.295. The molecule has 0 bridgehead atoms. The van der Waals surface area contributed by atoms with E-state index in [4.69, 9.17) is 0 Å². The molecule has 114 valence electrons. The molecule has 3 rings (SSSR count). The number of carbonyl (C=O) groups excluding carboxylic acids is 1. The number of rotatable bonds is 1. The van der Waals surface area contributed by atoms with Crippen molar-refractivity contribution in [1.82, 2.24) is 5.32 Å². The van der Waals surface area contributed by atoms with Crippen molar-refractivity contribution >= 4 is 11.6 Å². The minimum Gasteiger partial charge on any atom is -0.350 e. The molecular weight excluding hydrogens is 293 g/mol. The summed E-state index contributed by atoms with van der Waals surface area (Å²) < 4.78 is 38.5. The lowest BCUT2D eigenvalue weighted by Gasteiger charge is -2.36. The number of hydrogen-bond donors (Lipinski definition) is 1. The molecule has 0 aliphatic carbocycles. The van der Waals surface area contributed by atoms with Gasteiger partial charge in [-0.05, 0) is 29.8 Å². The van der Waals surface area contributed by atoms with Gasteiger partial charge in [0.1, 0.15) is 6.17 Å². The number of anilines is 1. The molecule has 1 aliphatic heterocycles. The van der Waals surface area contributed by atoms with Crippen LogP contribution in [0.5, 0.6) is 0 Å². The number of hydrogen-bond acceptors (Lipinski definition) is 2. The van der Waals surface area contributed by atoms with E-state index in [0.29, 0.717) is 16.8 Å². The number of amides is 1. The van der Waals surface area contributed by atoms with Crippen LogP contribution in [-0.4, -0.2) is 13.0 Å². The number of halogens is 3. The van der Waals surface area contributed by atoms with E-state index in [1.807, 2.05) is 0 Å². The van der Waals surface area contributed by atoms with Gasteiger partial charge in [-0.25, -0.2) is 0 Å². The van der Waals surface area contributed by atoms with Crippen LogP contribution in [0.1, 0.15) is 27.7 Å². The third kappa shape index (κ3) is 2.41. The number of alkyl halides is 3. The maximum Gasteiger partial charge on any atom is 0.416 e. The lowest BCUT2D eigenvalue weighted by atomic mass is 10.0. The first-order valence-corrected chi connectivity index (χ1v) is 6.68. The van der Waals surface area contributed by atoms with E-state index in [-0.39, 0.29) is 5.91 Å². The second-order valence-electron chi connectivity index (χ2n) is 5.13. The highest BCUT2D eigenvalue weighted by Crippen LogP contribution is 2.34. The van der Waals surface area contributed by atoms with Crippen LogP contribution in [0.3, 0.4) is 0 Å². The van der Waals surface area contributed by atoms with Crippen LogP contribution in [0.4, 0.5) is 18.9 Å². The van der Waals surface area contributed by atoms with E-state index in [1.165, 1.54) is 6.07 Å². The Morgan fingerprint density at radius 2 is 1.82 bits per heavy atom. The van der Waals surface area contributed by atoms with Crippen LogP contribution in [0.2, 0.25) is 0 Å². The predicted molar refractivity (Wildman–Crippen MR) is 76.5 cm³/mol. The number of nitrogens with zero attached hydrogens (tertiary/aromatic N) is 1. The van der Waals surface area contributed by atoms with Gasteiger partial charge in [-0.1, -0.05) is 24.3 Å². The summed E-state index contributed by atoms with van der Waals surface area (Å²) in [6.07, 6.45) is -5.05. The molecule has 0 spiro atoms. The summed E-state index contributed by atoms with van der Waals surface area (Å²) in [6, 6.07) is 12.0. The topological polar surface area (TPSA) is 32.3 Å². The van der Waals surface area contributed by atoms with E-state index in [9.17, 15) is 18.0 Å². The molecule has 0 fully saturated rings. The van der Waals surface area contributed by atoms with Crippen molar-refractivity contribution in [2.24, 2.45) is 0 Å². The molecule has 6 heteroatoms. The normalized spacial score (nSPS) is 17.9. The summed E-state index contributed by atoms with van der Waals surface area (Å²) in [7, 11) is 1.74. The van der Waals surface area contributed by atoms with E-state index in [0.717, 1.165) is 12.1 Å². The van der Waals surface area contributed by atoms with Gasteiger partial charge in [0, 0.05) is 7.05 Å². The Morgan fingerprint density at radius 1 is 1.09 bits per heavy atom. The Kier molecular flexibility index (Phi) is 3.31. The fourth-order valence-electron chi connectivity index (χ4n) is 2.60. The van der Waals surface area contributed by atoms with Crippen molar-refractivity contribution in [2.45, 2.75) is 12.3 Å². The van der Waals surface area contributed by atoms with Gasteiger partial charge in [0.25, 0.3) is 5.91 Å². The maximum absolute atomic E-state index is 12.8. The predicted octanol–water partition coefficient (Wildman–Crippen LogP) is 3.58. The van der Waals surface area contributed by atoms with Crippen LogP contribution in [0, 0.1) is 0 Å². The lowest BCUT2D eigenvalue weighted by molar-refractivity contribution is -0.137. The third-order valence-electron chi connectivity index (χ3n) is 3.71. The quantitative estimate of drug-likeness (QED) is 0.873. The first kappa shape index (κ1) is 14.4. The largest absolute Gasteiger partial charge is 0.416 e. The summed E-state index contributed by atoms with van der Waals surface area (Å²) >= 11 is 0. The van der Waals surface area contributed by atoms with Gasteiger partial charge in [0.2, 0.25) is 0 Å². The van der Waals surface area contributed by atoms with Gasteiger partial charge in [-0.3, -0.25) is 4.79 Å². The Hall–Kier alpha value is -2.50. The SMILES string of the molecule is CN1c2ccccc2C(=O)N[C@@H]1c1cccc(C(F)(F)F)c1. The average molecular weight is 306 g/mol. The molecule has 1 amide bonds. The molecule has 2 aromatic carbocycles. The molecule has 3 nitrogen and oxygen atoms in total. The lowest BCUT2D eigenvalue weighted by Crippen LogP contribution is -2.44. The monoisotopic (exact) mass is 306 g/mol. The van der Waals surface area contributed by atoms with Crippen molar-refractivity contribution < 1.29 is 18.0 Å². The average Bonchev–Trinajstić information content (AvgIpc) is 2.50. The van der Waals surface area contributed by atoms with E-state index >= 15 is 0 Å². The molecule has 1 aliphatic rings. The third-order valence-corrected chi connectivity index (χ3v) is 3.71. The van der Waals surface area contributed by atoms with Crippen LogP contribution in [0.15, 0.2) is 48.5 Å². The molecule has 0 saturated carbocycles. The van der Waals surface area contributed by atoms with Gasteiger partial charge in [-0.2, -0.15) is 13.2 Å². The fraction of sp³-hybridized carbons (Fsp3) is 0.188. The van der Waals surface area contributed by atoms with Gasteiger partial charge in [-0.15, -0.1) is 0 Å². The van der Waals surface area contributed by atoms with Crippen molar-refractivity contribution in [2.75, 3.05) is 11.9 Å². The van der Waals surface area contributed by atoms with Gasteiger partial charge in [0.05, 0.1) is 16.8 Å². The van der Waals surface area contributed by atoms with Crippen molar-refractivity contribution in [3.05, 3.63) is 65.2 Å². The highest BCUT2D eigenvalue weighted by atomic mass is 19.4. The zero-order chi connectivity index (χ0) is 15.9. The van der Waals surface area contributed by atoms with Gasteiger partial charge >= 0.3 is 6.18 Å². The highest BCUT2D eigenvalue weighted by molar-refractivity contribution is 6.01. The van der Waals surface area contributed by atoms with E-state index in [2.05, 4.69) is 5.32 Å². The molecule has 1 atom stereocenters. The van der Waals surface area contributed by atoms with Gasteiger partial charge in [0.15, 0.2) is 0 Å². The zero-order valence-electron chi connectivity index (χ0n) is 11.7. The van der Waals surface area contributed by atoms with Crippen LogP contribution < -0.4 is 10.2 Å². The Bertz CT molecular complexity index is 727. The molecule has 22 heavy (non-hydrogen) atoms. The molecule has 0 unspecified atom stereocenters. The Balaban J connectivity index is 2.02. The standard InChI is InChI=1S/C16H13F3N2O/c1-21-13-8-3-2-7-12(13)15(22)20-14(21)10-5-4-6-11(9-10)16(17,18)19/h2-9,14H,1H3,(H,20,22)/t14-/m0/s1. The summed E-state index contributed by atoms with van der Waals surface area (Å²) in [5, 5.41) is 2.74. The van der Waals surface area contributed by atoms with E-state index in [1.54, 1.807) is 42.3 Å². The molecule has 2 aromatic rings. The van der Waals surface area contributed by atoms with Crippen molar-refractivity contribution in [3.8, 4) is 0 Å². The Labute approximate surface area is 125 Å². The van der Waals surface area contributed by atoms with Crippen LogP contribution in [-0.2, 0) is 6.18 Å². The minimum atomic E-state index is -4.41. The van der Waals surface area contributed by atoms with Crippen LogP contribution >= 0.6 is 0 Å². The first-order valence-electron chi connectivity index (χ1n) is 6.68. The first-order chi connectivity index (χ1) is 10.4. The molecule has 0 aromatic heterocycles. The van der Waals surface area contributed by atoms with Crippen molar-refractivity contribution in [3.63, 3.8) is 0 Å². The zero-order valence-corrected chi connectivity index (χ0v) is 11.7. The number of benzene rings is 2. The smallest absolute Gasteiger partial charge is 0.350 e. The molecule has 0 saturated heterocycles. The Morgan fingerprint density at radius 3 is 2.55 bits per heavy atom.